The summed E-state index contributed by atoms with van der Waals surface area (Å²) in [6.07, 6.45) is 5.49. The highest BCUT2D eigenvalue weighted by atomic mass is 33.1. The molecule has 0 aromatic rings. The van der Waals surface area contributed by atoms with Crippen molar-refractivity contribution in [2.75, 3.05) is 329 Å². The highest BCUT2D eigenvalue weighted by Gasteiger charge is 2.33. The first-order valence-corrected chi connectivity index (χ1v) is 42.3. The van der Waals surface area contributed by atoms with Gasteiger partial charge in [-0.1, -0.05) is 99.7 Å². The number of hydrogen-bond acceptors (Lipinski definition) is 31. The Balaban J connectivity index is 4.99. The van der Waals surface area contributed by atoms with Gasteiger partial charge in [0.15, 0.2) is 0 Å². The van der Waals surface area contributed by atoms with Crippen LogP contribution in [0.25, 0.3) is 0 Å². The maximum Gasteiger partial charge on any atom is 0.0701 e. The summed E-state index contributed by atoms with van der Waals surface area (Å²) in [4.78, 5) is 0. The summed E-state index contributed by atoms with van der Waals surface area (Å²) >= 11 is 0. The second-order valence-corrected chi connectivity index (χ2v) is 30.2. The van der Waals surface area contributed by atoms with E-state index >= 15 is 0 Å². The summed E-state index contributed by atoms with van der Waals surface area (Å²) in [5, 5.41) is 13.7. The Bertz CT molecular complexity index is 1110. The third-order valence-electron chi connectivity index (χ3n) is 11.5. The number of hydrogen-bond donors (Lipinski definition) is 7. The minimum Gasteiger partial charge on any atom is -0.378 e. The lowest BCUT2D eigenvalue weighted by Gasteiger charge is -2.33. The summed E-state index contributed by atoms with van der Waals surface area (Å²) in [5.41, 5.74) is 16.0. The quantitative estimate of drug-likeness (QED) is 0.0313. The molecule has 0 rings (SSSR count). The van der Waals surface area contributed by atoms with Crippen LogP contribution in [-0.2, 0) is 75.8 Å². The third-order valence-corrected chi connectivity index (χ3v) is 21.0. The van der Waals surface area contributed by atoms with Gasteiger partial charge in [-0.25, -0.2) is 0 Å². The maximum atomic E-state index is 6.28. The fraction of sp³-hybridized carbons (Fsp3) is 1.00. The third kappa shape index (κ3) is 78.8. The van der Waals surface area contributed by atoms with Gasteiger partial charge in [-0.15, -0.1) is 0 Å². The average molecular weight is 1430 g/mol. The van der Waals surface area contributed by atoms with E-state index in [0.717, 1.165) is 137 Å². The van der Waals surface area contributed by atoms with Gasteiger partial charge in [0.1, 0.15) is 0 Å². The zero-order valence-corrected chi connectivity index (χ0v) is 61.2. The Morgan fingerprint density at radius 2 is 0.404 bits per heavy atom. The second kappa shape index (κ2) is 84.1. The van der Waals surface area contributed by atoms with Crippen LogP contribution in [0.3, 0.4) is 0 Å². The fourth-order valence-corrected chi connectivity index (χ4v) is 14.1. The molecule has 89 heavy (non-hydrogen) atoms. The van der Waals surface area contributed by atoms with Crippen molar-refractivity contribution in [1.82, 2.24) is 21.3 Å². The Hall–Kier alpha value is 1.88. The zero-order valence-electron chi connectivity index (χ0n) is 54.6. The number of unbranched alkanes of at least 4 members (excludes halogenated alkanes) is 1. The number of rotatable bonds is 84. The minimum atomic E-state index is -0.655. The molecular weight excluding hydrogens is 1310 g/mol. The second-order valence-electron chi connectivity index (χ2n) is 19.4. The first-order chi connectivity index (χ1) is 44.2. The zero-order chi connectivity index (χ0) is 63.9. The van der Waals surface area contributed by atoms with Crippen molar-refractivity contribution >= 4 is 86.4 Å². The topological polar surface area (TPSA) is 274 Å². The first kappa shape index (κ1) is 90.9. The predicted molar refractivity (Wildman–Crippen MR) is 383 cm³/mol. The summed E-state index contributed by atoms with van der Waals surface area (Å²) in [6, 6.07) is 0. The van der Waals surface area contributed by atoms with Crippen molar-refractivity contribution in [1.29, 1.82) is 0 Å². The van der Waals surface area contributed by atoms with Gasteiger partial charge < -0.3 is 114 Å². The van der Waals surface area contributed by atoms with Crippen LogP contribution in [0.5, 0.6) is 0 Å². The van der Waals surface area contributed by atoms with Gasteiger partial charge in [0.25, 0.3) is 0 Å². The molecule has 0 atom stereocenters. The van der Waals surface area contributed by atoms with Crippen molar-refractivity contribution in [2.24, 2.45) is 22.6 Å². The van der Waals surface area contributed by atoms with Crippen LogP contribution in [-0.4, -0.2) is 329 Å². The summed E-state index contributed by atoms with van der Waals surface area (Å²) in [6.45, 7) is 27.5. The largest absolute Gasteiger partial charge is 0.378 e. The highest BCUT2D eigenvalue weighted by Crippen LogP contribution is 2.23. The monoisotopic (exact) mass is 1430 g/mol. The van der Waals surface area contributed by atoms with Gasteiger partial charge in [0.05, 0.1) is 217 Å². The molecule has 10 N–H and O–H groups in total. The standard InChI is InChI=1S/C58H125N7O16S8/c1-2-3-10-62-14-46-82-86-50-42-74-30-26-66-18-22-70-34-38-78-54-58(55-79-39-35-71-23-19-67-27-31-75-43-51-87-83-47-15-63-11-4-7-59,56-80-40-36-72-24-20-68-28-32-76-44-52-88-84-48-16-64-12-5-8-60)57-81-41-37-73-25-21-69-29-33-77-45-53-89-85-49-17-65-13-6-9-61/h62-65H,2-57,59-61H2,1H3. The van der Waals surface area contributed by atoms with Crippen LogP contribution in [0.4, 0.5) is 0 Å². The SMILES string of the molecule is CCCCNCCSSCCOCCOCCOCCOCC(COCCOCCOCCOCCSSCCNCCCN)(COCCOCCOCCOCCSSCCNCCCN)COCCOCCOCCOCCSSCCNCCCN. The molecule has 31 heteroatoms. The van der Waals surface area contributed by atoms with E-state index in [0.29, 0.717) is 211 Å². The van der Waals surface area contributed by atoms with E-state index in [-0.39, 0.29) is 0 Å². The van der Waals surface area contributed by atoms with E-state index < -0.39 is 5.41 Å². The van der Waals surface area contributed by atoms with Gasteiger partial charge in [-0.05, 0) is 71.5 Å². The van der Waals surface area contributed by atoms with Gasteiger partial charge in [-0.2, -0.15) is 0 Å². The van der Waals surface area contributed by atoms with E-state index in [1.807, 2.05) is 86.4 Å². The first-order valence-electron chi connectivity index (χ1n) is 32.4. The van der Waals surface area contributed by atoms with Crippen LogP contribution in [0.2, 0.25) is 0 Å². The van der Waals surface area contributed by atoms with Crippen molar-refractivity contribution in [2.45, 2.75) is 39.0 Å². The van der Waals surface area contributed by atoms with Gasteiger partial charge >= 0.3 is 0 Å². The Labute approximate surface area is 570 Å². The fourth-order valence-electron chi connectivity index (χ4n) is 6.83. The lowest BCUT2D eigenvalue weighted by molar-refractivity contribution is -0.123. The number of nitrogens with one attached hydrogen (secondary N) is 4. The van der Waals surface area contributed by atoms with E-state index in [1.165, 1.54) is 12.8 Å². The van der Waals surface area contributed by atoms with Crippen molar-refractivity contribution in [3.05, 3.63) is 0 Å². The lowest BCUT2D eigenvalue weighted by Crippen LogP contribution is -2.43. The average Bonchev–Trinajstić information content (AvgIpc) is 3.74. The lowest BCUT2D eigenvalue weighted by atomic mass is 9.92. The van der Waals surface area contributed by atoms with Crippen LogP contribution in [0.1, 0.15) is 39.0 Å². The molecule has 0 amide bonds. The van der Waals surface area contributed by atoms with Crippen LogP contribution in [0, 0.1) is 5.41 Å². The Morgan fingerprint density at radius 3 is 0.607 bits per heavy atom. The van der Waals surface area contributed by atoms with Crippen LogP contribution in [0.15, 0.2) is 0 Å². The molecule has 0 fully saturated rings. The van der Waals surface area contributed by atoms with Crippen molar-refractivity contribution in [3.8, 4) is 0 Å². The van der Waals surface area contributed by atoms with E-state index in [2.05, 4.69) is 28.2 Å². The molecule has 0 saturated carbocycles. The summed E-state index contributed by atoms with van der Waals surface area (Å²) < 4.78 is 94.4. The molecule has 0 aromatic heterocycles. The van der Waals surface area contributed by atoms with Crippen LogP contribution >= 0.6 is 86.4 Å². The maximum absolute atomic E-state index is 6.28. The predicted octanol–water partition coefficient (Wildman–Crippen LogP) is 4.97. The highest BCUT2D eigenvalue weighted by molar-refractivity contribution is 8.77. The van der Waals surface area contributed by atoms with E-state index in [9.17, 15) is 0 Å². The number of nitrogens with two attached hydrogens (primary N) is 3. The molecule has 0 aliphatic rings. The molecule has 0 bridgehead atoms. The molecule has 0 unspecified atom stereocenters. The molecular formula is C58H125N7O16S8. The van der Waals surface area contributed by atoms with Gasteiger partial charge in [-0.3, -0.25) is 0 Å². The molecule has 0 heterocycles. The Kier molecular flexibility index (Phi) is 85.9. The minimum absolute atomic E-state index is 0.306. The molecule has 0 saturated heterocycles. The molecule has 0 aliphatic carbocycles. The molecule has 23 nitrogen and oxygen atoms in total. The van der Waals surface area contributed by atoms with Crippen molar-refractivity contribution in [3.63, 3.8) is 0 Å². The van der Waals surface area contributed by atoms with Crippen LogP contribution < -0.4 is 38.5 Å². The van der Waals surface area contributed by atoms with E-state index in [1.54, 1.807) is 0 Å². The van der Waals surface area contributed by atoms with E-state index in [4.69, 9.17) is 93.0 Å². The van der Waals surface area contributed by atoms with Crippen molar-refractivity contribution < 1.29 is 75.8 Å². The molecule has 0 aliphatic heterocycles. The Morgan fingerprint density at radius 1 is 0.225 bits per heavy atom. The molecule has 0 aromatic carbocycles. The number of ether oxygens (including phenoxy) is 16. The van der Waals surface area contributed by atoms with Gasteiger partial charge in [0, 0.05) is 72.2 Å². The molecule has 536 valence electrons. The smallest absolute Gasteiger partial charge is 0.0701 e. The summed E-state index contributed by atoms with van der Waals surface area (Å²) in [5.74, 6) is 8.06. The summed E-state index contributed by atoms with van der Waals surface area (Å²) in [7, 11) is 14.8. The molecule has 0 radical (unpaired) electrons. The normalized spacial score (nSPS) is 12.0. The van der Waals surface area contributed by atoms with Gasteiger partial charge in [0.2, 0.25) is 0 Å². The molecule has 0 spiro atoms.